The molecule has 7 heteroatoms. The van der Waals surface area contributed by atoms with Gasteiger partial charge in [-0.1, -0.05) is 0 Å². The Balaban J connectivity index is 2.07. The van der Waals surface area contributed by atoms with Crippen LogP contribution in [0.25, 0.3) is 0 Å². The molecule has 20 heavy (non-hydrogen) atoms. The van der Waals surface area contributed by atoms with E-state index in [2.05, 4.69) is 5.32 Å². The van der Waals surface area contributed by atoms with Gasteiger partial charge in [0.2, 0.25) is 0 Å². The first-order valence-corrected chi connectivity index (χ1v) is 7.37. The minimum absolute atomic E-state index is 0.309. The smallest absolute Gasteiger partial charge is 0.331 e. The predicted octanol–water partition coefficient (Wildman–Crippen LogP) is 1.00. The molecule has 1 unspecified atom stereocenters. The molecule has 0 saturated heterocycles. The number of hydrogen-bond donors (Lipinski definition) is 2. The maximum atomic E-state index is 12.2. The monoisotopic (exact) mass is 297 g/mol. The third-order valence-electron chi connectivity index (χ3n) is 3.30. The van der Waals surface area contributed by atoms with E-state index < -0.39 is 12.0 Å². The van der Waals surface area contributed by atoms with Crippen molar-refractivity contribution in [1.82, 2.24) is 15.1 Å². The third kappa shape index (κ3) is 3.10. The number of thiophene rings is 1. The first-order chi connectivity index (χ1) is 9.50. The molecule has 2 heterocycles. The summed E-state index contributed by atoms with van der Waals surface area (Å²) in [6, 6.07) is 0.623. The first-order valence-electron chi connectivity index (χ1n) is 6.49. The summed E-state index contributed by atoms with van der Waals surface area (Å²) in [5.41, 5.74) is 0.747. The van der Waals surface area contributed by atoms with E-state index in [1.165, 1.54) is 4.90 Å². The highest BCUT2D eigenvalue weighted by Crippen LogP contribution is 2.33. The van der Waals surface area contributed by atoms with Crippen molar-refractivity contribution in [3.05, 3.63) is 21.9 Å². The largest absolute Gasteiger partial charge is 0.479 e. The van der Waals surface area contributed by atoms with Crippen LogP contribution in [0, 0.1) is 0 Å². The summed E-state index contributed by atoms with van der Waals surface area (Å²) in [6.07, 6.45) is 0.720. The zero-order valence-corrected chi connectivity index (χ0v) is 12.4. The van der Waals surface area contributed by atoms with Crippen LogP contribution in [0.4, 0.5) is 4.79 Å². The molecule has 2 N–H and O–H groups in total. The van der Waals surface area contributed by atoms with Crippen LogP contribution in [0.15, 0.2) is 11.4 Å². The van der Waals surface area contributed by atoms with Crippen LogP contribution in [-0.4, -0.2) is 60.6 Å². The van der Waals surface area contributed by atoms with Crippen molar-refractivity contribution < 1.29 is 14.7 Å². The second kappa shape index (κ2) is 6.23. The van der Waals surface area contributed by atoms with Crippen molar-refractivity contribution >= 4 is 23.3 Å². The van der Waals surface area contributed by atoms with E-state index >= 15 is 0 Å². The molecule has 2 amide bonds. The number of urea groups is 1. The lowest BCUT2D eigenvalue weighted by Gasteiger charge is -2.33. The molecule has 0 bridgehead atoms. The first kappa shape index (κ1) is 14.8. The molecule has 2 rings (SSSR count). The molecule has 0 radical (unpaired) electrons. The Labute approximate surface area is 122 Å². The number of rotatable bonds is 4. The van der Waals surface area contributed by atoms with Crippen molar-refractivity contribution in [3.63, 3.8) is 0 Å². The topological polar surface area (TPSA) is 72.9 Å². The van der Waals surface area contributed by atoms with E-state index in [0.29, 0.717) is 13.1 Å². The van der Waals surface area contributed by atoms with Gasteiger partial charge in [-0.15, -0.1) is 11.3 Å². The quantitative estimate of drug-likeness (QED) is 0.870. The summed E-state index contributed by atoms with van der Waals surface area (Å²) in [5, 5.41) is 14.1. The molecule has 0 fully saturated rings. The molecule has 0 aromatic carbocycles. The molecule has 1 aromatic heterocycles. The lowest BCUT2D eigenvalue weighted by Crippen LogP contribution is -2.48. The minimum Gasteiger partial charge on any atom is -0.479 e. The van der Waals surface area contributed by atoms with Gasteiger partial charge in [0.1, 0.15) is 0 Å². The number of carbonyl (C=O) groups is 2. The van der Waals surface area contributed by atoms with E-state index in [9.17, 15) is 14.7 Å². The number of nitrogens with zero attached hydrogens (tertiary/aromatic N) is 2. The van der Waals surface area contributed by atoms with Gasteiger partial charge in [-0.3, -0.25) is 0 Å². The highest BCUT2D eigenvalue weighted by Gasteiger charge is 2.36. The van der Waals surface area contributed by atoms with E-state index in [0.717, 1.165) is 23.4 Å². The Bertz CT molecular complexity index is 501. The van der Waals surface area contributed by atoms with E-state index in [4.69, 9.17) is 0 Å². The van der Waals surface area contributed by atoms with E-state index in [-0.39, 0.29) is 6.03 Å². The molecule has 0 spiro atoms. The highest BCUT2D eigenvalue weighted by atomic mass is 32.1. The van der Waals surface area contributed by atoms with Crippen LogP contribution in [0.2, 0.25) is 0 Å². The van der Waals surface area contributed by atoms with Gasteiger partial charge >= 0.3 is 12.0 Å². The number of aliphatic carboxylic acids is 1. The molecular formula is C13H19N3O3S. The van der Waals surface area contributed by atoms with Gasteiger partial charge in [0, 0.05) is 24.5 Å². The van der Waals surface area contributed by atoms with Crippen LogP contribution in [0.5, 0.6) is 0 Å². The molecule has 1 aliphatic rings. The van der Waals surface area contributed by atoms with Gasteiger partial charge in [-0.05, 0) is 37.5 Å². The molecule has 1 aliphatic heterocycles. The molecule has 0 aliphatic carbocycles. The van der Waals surface area contributed by atoms with Gasteiger partial charge in [0.25, 0.3) is 0 Å². The van der Waals surface area contributed by atoms with Gasteiger partial charge in [0.05, 0.1) is 0 Å². The fourth-order valence-electron chi connectivity index (χ4n) is 2.29. The fourth-order valence-corrected chi connectivity index (χ4v) is 3.19. The van der Waals surface area contributed by atoms with Gasteiger partial charge in [-0.25, -0.2) is 9.59 Å². The predicted molar refractivity (Wildman–Crippen MR) is 77.1 cm³/mol. The average molecular weight is 297 g/mol. The Morgan fingerprint density at radius 2 is 2.30 bits per heavy atom. The Morgan fingerprint density at radius 1 is 1.55 bits per heavy atom. The van der Waals surface area contributed by atoms with Crippen molar-refractivity contribution in [2.24, 2.45) is 0 Å². The highest BCUT2D eigenvalue weighted by molar-refractivity contribution is 7.10. The summed E-state index contributed by atoms with van der Waals surface area (Å²) in [5.74, 6) is -0.980. The maximum Gasteiger partial charge on any atom is 0.331 e. The van der Waals surface area contributed by atoms with Crippen LogP contribution >= 0.6 is 11.3 Å². The van der Waals surface area contributed by atoms with Crippen LogP contribution < -0.4 is 5.32 Å². The molecule has 110 valence electrons. The zero-order valence-electron chi connectivity index (χ0n) is 11.6. The number of carboxylic acids is 1. The molecular weight excluding hydrogens is 278 g/mol. The fraction of sp³-hybridized carbons (Fsp3) is 0.538. The minimum atomic E-state index is -0.980. The van der Waals surface area contributed by atoms with Gasteiger partial charge in [-0.2, -0.15) is 0 Å². The maximum absolute atomic E-state index is 12.2. The number of fused-ring (bicyclic) bond motifs is 1. The van der Waals surface area contributed by atoms with Gasteiger partial charge < -0.3 is 20.2 Å². The standard InChI is InChI=1S/C13H19N3O3S/c1-15(2)7-5-14-13(19)16-6-3-10-9(4-8-20-10)11(16)12(17)18/h4,8,11H,3,5-7H2,1-2H3,(H,14,19)(H,17,18). The SMILES string of the molecule is CN(C)CCNC(=O)N1CCc2sccc2C1C(=O)O. The van der Waals surface area contributed by atoms with Crippen molar-refractivity contribution in [1.29, 1.82) is 0 Å². The number of amides is 2. The zero-order chi connectivity index (χ0) is 14.7. The second-order valence-corrected chi connectivity index (χ2v) is 6.02. The summed E-state index contributed by atoms with van der Waals surface area (Å²) < 4.78 is 0. The summed E-state index contributed by atoms with van der Waals surface area (Å²) in [4.78, 5) is 28.1. The normalized spacial score (nSPS) is 17.9. The van der Waals surface area contributed by atoms with Crippen molar-refractivity contribution in [2.45, 2.75) is 12.5 Å². The lowest BCUT2D eigenvalue weighted by molar-refractivity contribution is -0.142. The molecule has 0 saturated carbocycles. The summed E-state index contributed by atoms with van der Waals surface area (Å²) >= 11 is 1.55. The average Bonchev–Trinajstić information content (AvgIpc) is 2.84. The molecule has 1 atom stereocenters. The Morgan fingerprint density at radius 3 is 2.95 bits per heavy atom. The van der Waals surface area contributed by atoms with Gasteiger partial charge in [0.15, 0.2) is 6.04 Å². The molecule has 1 aromatic rings. The summed E-state index contributed by atoms with van der Waals surface area (Å²) in [6.45, 7) is 1.67. The van der Waals surface area contributed by atoms with E-state index in [1.807, 2.05) is 24.4 Å². The van der Waals surface area contributed by atoms with E-state index in [1.54, 1.807) is 17.4 Å². The van der Waals surface area contributed by atoms with Crippen molar-refractivity contribution in [2.75, 3.05) is 33.7 Å². The van der Waals surface area contributed by atoms with Crippen molar-refractivity contribution in [3.8, 4) is 0 Å². The number of carboxylic acid groups (broad SMARTS) is 1. The number of likely N-dealkylation sites (N-methyl/N-ethyl adjacent to an activating group) is 1. The number of nitrogens with one attached hydrogen (secondary N) is 1. The lowest BCUT2D eigenvalue weighted by atomic mass is 10.0. The number of carbonyl (C=O) groups excluding carboxylic acids is 1. The van der Waals surface area contributed by atoms with Crippen LogP contribution in [0.3, 0.4) is 0 Å². The Kier molecular flexibility index (Phi) is 4.61. The van der Waals surface area contributed by atoms with Crippen LogP contribution in [-0.2, 0) is 11.2 Å². The second-order valence-electron chi connectivity index (χ2n) is 5.02. The molecule has 6 nitrogen and oxygen atoms in total. The Hall–Kier alpha value is -1.60. The third-order valence-corrected chi connectivity index (χ3v) is 4.29. The summed E-state index contributed by atoms with van der Waals surface area (Å²) in [7, 11) is 3.84. The number of hydrogen-bond acceptors (Lipinski definition) is 4. The van der Waals surface area contributed by atoms with Crippen LogP contribution in [0.1, 0.15) is 16.5 Å².